The Morgan fingerprint density at radius 3 is 2.70 bits per heavy atom. The first kappa shape index (κ1) is 19.0. The molecule has 1 saturated heterocycles. The lowest BCUT2D eigenvalue weighted by Gasteiger charge is -2.25. The van der Waals surface area contributed by atoms with E-state index in [0.29, 0.717) is 18.4 Å². The molecule has 0 unspecified atom stereocenters. The predicted octanol–water partition coefficient (Wildman–Crippen LogP) is 3.83. The molecule has 0 aliphatic carbocycles. The minimum Gasteiger partial charge on any atom is -0.493 e. The molecule has 7 nitrogen and oxygen atoms in total. The molecule has 1 atom stereocenters. The third-order valence-corrected chi connectivity index (χ3v) is 4.83. The van der Waals surface area contributed by atoms with E-state index in [1.807, 2.05) is 12.1 Å². The summed E-state index contributed by atoms with van der Waals surface area (Å²) >= 11 is 0. The van der Waals surface area contributed by atoms with E-state index < -0.39 is 4.92 Å². The highest BCUT2D eigenvalue weighted by Crippen LogP contribution is 2.36. The minimum absolute atomic E-state index is 0.0388. The fourth-order valence-electron chi connectivity index (χ4n) is 3.50. The zero-order chi connectivity index (χ0) is 19.2. The molecule has 0 radical (unpaired) electrons. The quantitative estimate of drug-likeness (QED) is 0.518. The molecule has 1 aliphatic rings. The van der Waals surface area contributed by atoms with Crippen molar-refractivity contribution in [1.82, 2.24) is 4.90 Å². The van der Waals surface area contributed by atoms with Gasteiger partial charge >= 0.3 is 0 Å². The minimum atomic E-state index is -0.416. The molecule has 2 aromatic rings. The second-order valence-electron chi connectivity index (χ2n) is 6.41. The van der Waals surface area contributed by atoms with Gasteiger partial charge in [0.15, 0.2) is 11.5 Å². The monoisotopic (exact) mass is 372 g/mol. The molecule has 3 rings (SSSR count). The van der Waals surface area contributed by atoms with Crippen molar-refractivity contribution in [3.8, 4) is 17.2 Å². The van der Waals surface area contributed by atoms with Crippen molar-refractivity contribution < 1.29 is 19.1 Å². The van der Waals surface area contributed by atoms with Crippen molar-refractivity contribution in [2.75, 3.05) is 33.9 Å². The second-order valence-corrected chi connectivity index (χ2v) is 6.41. The number of hydrogen-bond acceptors (Lipinski definition) is 6. The summed E-state index contributed by atoms with van der Waals surface area (Å²) in [6.45, 7) is 2.23. The van der Waals surface area contributed by atoms with Gasteiger partial charge in [0.05, 0.1) is 25.2 Å². The first-order chi connectivity index (χ1) is 13.1. The molecule has 0 amide bonds. The highest BCUT2D eigenvalue weighted by atomic mass is 16.6. The molecule has 144 valence electrons. The van der Waals surface area contributed by atoms with Crippen LogP contribution in [-0.4, -0.2) is 43.7 Å². The zero-order valence-electron chi connectivity index (χ0n) is 15.6. The summed E-state index contributed by atoms with van der Waals surface area (Å²) in [5.41, 5.74) is 1.23. The van der Waals surface area contributed by atoms with Gasteiger partial charge < -0.3 is 14.2 Å². The second kappa shape index (κ2) is 8.73. The van der Waals surface area contributed by atoms with Crippen LogP contribution in [-0.2, 0) is 0 Å². The first-order valence-electron chi connectivity index (χ1n) is 8.95. The van der Waals surface area contributed by atoms with E-state index in [1.54, 1.807) is 26.4 Å². The van der Waals surface area contributed by atoms with Gasteiger partial charge in [-0.1, -0.05) is 12.1 Å². The molecule has 0 aromatic heterocycles. The number of ether oxygens (including phenoxy) is 3. The van der Waals surface area contributed by atoms with Gasteiger partial charge in [0.2, 0.25) is 0 Å². The first-order valence-corrected chi connectivity index (χ1v) is 8.95. The van der Waals surface area contributed by atoms with Gasteiger partial charge in [0.1, 0.15) is 12.4 Å². The largest absolute Gasteiger partial charge is 0.493 e. The summed E-state index contributed by atoms with van der Waals surface area (Å²) in [6, 6.07) is 12.6. The average Bonchev–Trinajstić information content (AvgIpc) is 3.16. The summed E-state index contributed by atoms with van der Waals surface area (Å²) in [6.07, 6.45) is 2.20. The van der Waals surface area contributed by atoms with Crippen LogP contribution in [0.4, 0.5) is 5.69 Å². The summed E-state index contributed by atoms with van der Waals surface area (Å²) in [5.74, 6) is 1.97. The van der Waals surface area contributed by atoms with Crippen molar-refractivity contribution >= 4 is 5.69 Å². The summed E-state index contributed by atoms with van der Waals surface area (Å²) in [4.78, 5) is 12.8. The molecule has 1 heterocycles. The number of nitro groups is 1. The Morgan fingerprint density at radius 1 is 1.15 bits per heavy atom. The number of benzene rings is 2. The molecule has 0 bridgehead atoms. The third kappa shape index (κ3) is 4.49. The normalized spacial score (nSPS) is 16.9. The molecule has 0 N–H and O–H groups in total. The fraction of sp³-hybridized carbons (Fsp3) is 0.400. The molecule has 1 fully saturated rings. The Hall–Kier alpha value is -2.80. The van der Waals surface area contributed by atoms with Crippen molar-refractivity contribution in [3.05, 3.63) is 58.1 Å². The number of nitro benzene ring substituents is 1. The Bertz CT molecular complexity index is 796. The maximum atomic E-state index is 10.9. The van der Waals surface area contributed by atoms with Crippen LogP contribution in [0.3, 0.4) is 0 Å². The van der Waals surface area contributed by atoms with E-state index in [0.717, 1.165) is 37.4 Å². The van der Waals surface area contributed by atoms with Crippen molar-refractivity contribution in [3.63, 3.8) is 0 Å². The van der Waals surface area contributed by atoms with E-state index in [2.05, 4.69) is 11.0 Å². The average molecular weight is 372 g/mol. The van der Waals surface area contributed by atoms with E-state index >= 15 is 0 Å². The summed E-state index contributed by atoms with van der Waals surface area (Å²) in [7, 11) is 3.27. The van der Waals surface area contributed by atoms with Crippen LogP contribution < -0.4 is 14.2 Å². The van der Waals surface area contributed by atoms with Gasteiger partial charge in [0.25, 0.3) is 5.69 Å². The Kier molecular flexibility index (Phi) is 6.13. The highest BCUT2D eigenvalue weighted by molar-refractivity contribution is 5.44. The molecule has 1 aliphatic heterocycles. The molecule has 7 heteroatoms. The van der Waals surface area contributed by atoms with Crippen molar-refractivity contribution in [1.29, 1.82) is 0 Å². The summed E-state index contributed by atoms with van der Waals surface area (Å²) in [5, 5.41) is 10.9. The van der Waals surface area contributed by atoms with E-state index in [4.69, 9.17) is 14.2 Å². The molecular formula is C20H24N2O5. The van der Waals surface area contributed by atoms with Crippen LogP contribution >= 0.6 is 0 Å². The van der Waals surface area contributed by atoms with Crippen LogP contribution in [0.15, 0.2) is 42.5 Å². The van der Waals surface area contributed by atoms with Gasteiger partial charge in [0, 0.05) is 18.7 Å². The highest BCUT2D eigenvalue weighted by Gasteiger charge is 2.26. The molecule has 0 saturated carbocycles. The topological polar surface area (TPSA) is 74.1 Å². The van der Waals surface area contributed by atoms with Crippen molar-refractivity contribution in [2.45, 2.75) is 18.9 Å². The lowest BCUT2D eigenvalue weighted by molar-refractivity contribution is -0.384. The number of nitrogens with zero attached hydrogens (tertiary/aromatic N) is 2. The Labute approximate surface area is 158 Å². The van der Waals surface area contributed by atoms with Gasteiger partial charge in [-0.25, -0.2) is 0 Å². The third-order valence-electron chi connectivity index (χ3n) is 4.83. The number of methoxy groups -OCH3 is 2. The zero-order valence-corrected chi connectivity index (χ0v) is 15.6. The number of non-ortho nitro benzene ring substituents is 1. The Balaban J connectivity index is 1.62. The Morgan fingerprint density at radius 2 is 1.96 bits per heavy atom. The lowest BCUT2D eigenvalue weighted by Crippen LogP contribution is -2.28. The van der Waals surface area contributed by atoms with Crippen LogP contribution in [0.2, 0.25) is 0 Å². The van der Waals surface area contributed by atoms with E-state index in [1.165, 1.54) is 17.7 Å². The molecular weight excluding hydrogens is 348 g/mol. The maximum Gasteiger partial charge on any atom is 0.273 e. The summed E-state index contributed by atoms with van der Waals surface area (Å²) < 4.78 is 16.5. The molecule has 0 spiro atoms. The maximum absolute atomic E-state index is 10.9. The molecule has 27 heavy (non-hydrogen) atoms. The smallest absolute Gasteiger partial charge is 0.273 e. The van der Waals surface area contributed by atoms with Crippen molar-refractivity contribution in [2.24, 2.45) is 0 Å². The predicted molar refractivity (Wildman–Crippen MR) is 102 cm³/mol. The number of likely N-dealkylation sites (tertiary alicyclic amines) is 1. The number of rotatable bonds is 8. The standard InChI is InChI=1S/C20H24N2O5/c1-25-19-9-8-15(13-20(19)26-2)18-7-4-10-21(18)11-12-27-17-6-3-5-16(14-17)22(23)24/h3,5-6,8-9,13-14,18H,4,7,10-12H2,1-2H3/t18-/m1/s1. The van der Waals surface area contributed by atoms with Crippen LogP contribution in [0, 0.1) is 10.1 Å². The van der Waals surface area contributed by atoms with Gasteiger partial charge in [-0.3, -0.25) is 15.0 Å². The van der Waals surface area contributed by atoms with Crippen LogP contribution in [0.25, 0.3) is 0 Å². The van der Waals surface area contributed by atoms with Gasteiger partial charge in [-0.15, -0.1) is 0 Å². The fourth-order valence-corrected chi connectivity index (χ4v) is 3.50. The van der Waals surface area contributed by atoms with E-state index in [-0.39, 0.29) is 5.69 Å². The van der Waals surface area contributed by atoms with Gasteiger partial charge in [-0.2, -0.15) is 0 Å². The number of hydrogen-bond donors (Lipinski definition) is 0. The lowest BCUT2D eigenvalue weighted by atomic mass is 10.0. The van der Waals surface area contributed by atoms with Crippen LogP contribution in [0.1, 0.15) is 24.4 Å². The van der Waals surface area contributed by atoms with E-state index in [9.17, 15) is 10.1 Å². The van der Waals surface area contributed by atoms with Gasteiger partial charge in [-0.05, 0) is 43.1 Å². The SMILES string of the molecule is COc1ccc([C@H]2CCCN2CCOc2cccc([N+](=O)[O-])c2)cc1OC. The molecule has 2 aromatic carbocycles. The van der Waals surface area contributed by atoms with Crippen LogP contribution in [0.5, 0.6) is 17.2 Å².